The molecule has 0 bridgehead atoms. The number of carbonyl (C=O) groups is 1. The number of carbonyl (C=O) groups excluding carboxylic acids is 1. The van der Waals surface area contributed by atoms with E-state index >= 15 is 0 Å². The van der Waals surface area contributed by atoms with Crippen molar-refractivity contribution in [3.05, 3.63) is 0 Å². The lowest BCUT2D eigenvalue weighted by Gasteiger charge is -2.23. The highest BCUT2D eigenvalue weighted by molar-refractivity contribution is 6.13. The first-order valence-electron chi connectivity index (χ1n) is 6.18. The average Bonchev–Trinajstić information content (AvgIpc) is 2.40. The Kier molecular flexibility index (Phi) is 13.7. The highest BCUT2D eigenvalue weighted by Gasteiger charge is 2.39. The van der Waals surface area contributed by atoms with Gasteiger partial charge in [0.2, 0.25) is 0 Å². The molecule has 7 heteroatoms. The maximum absolute atomic E-state index is 11.9. The van der Waals surface area contributed by atoms with Gasteiger partial charge in [0.1, 0.15) is 0 Å². The van der Waals surface area contributed by atoms with Crippen LogP contribution in [0.15, 0.2) is 0 Å². The van der Waals surface area contributed by atoms with E-state index in [4.69, 9.17) is 16.6 Å². The van der Waals surface area contributed by atoms with Gasteiger partial charge in [0, 0.05) is 6.04 Å². The van der Waals surface area contributed by atoms with Gasteiger partial charge in [-0.15, -0.1) is 0 Å². The van der Waals surface area contributed by atoms with E-state index in [1.165, 1.54) is 7.11 Å². The van der Waals surface area contributed by atoms with Crippen LogP contribution in [0.3, 0.4) is 0 Å². The first-order valence-corrected chi connectivity index (χ1v) is 6.56. The summed E-state index contributed by atoms with van der Waals surface area (Å²) in [4.78, 5) is 11.5. The summed E-state index contributed by atoms with van der Waals surface area (Å²) >= 11 is 5.09. The van der Waals surface area contributed by atoms with Gasteiger partial charge in [-0.2, -0.15) is 13.2 Å². The van der Waals surface area contributed by atoms with Gasteiger partial charge in [-0.05, 0) is 38.5 Å². The third-order valence-electron chi connectivity index (χ3n) is 2.38. The number of hydrogen-bond donors (Lipinski definition) is 1. The minimum absolute atomic E-state index is 0.351. The van der Waals surface area contributed by atoms with Gasteiger partial charge in [-0.3, -0.25) is 4.79 Å². The Balaban J connectivity index is 0. The molecule has 1 saturated carbocycles. The van der Waals surface area contributed by atoms with E-state index in [1.54, 1.807) is 0 Å². The predicted octanol–water partition coefficient (Wildman–Crippen LogP) is 4.06. The highest BCUT2D eigenvalue weighted by atomic mass is 35.5. The Hall–Kier alpha value is -0.490. The van der Waals surface area contributed by atoms with E-state index in [2.05, 4.69) is 9.57 Å². The van der Waals surface area contributed by atoms with Crippen LogP contribution in [0.1, 0.15) is 46.0 Å². The number of alkyl halides is 3. The maximum Gasteiger partial charge on any atom is 0.391 e. The first-order chi connectivity index (χ1) is 8.79. The van der Waals surface area contributed by atoms with E-state index < -0.39 is 12.1 Å². The van der Waals surface area contributed by atoms with E-state index in [-0.39, 0.29) is 0 Å². The van der Waals surface area contributed by atoms with Crippen LogP contribution in [0.4, 0.5) is 13.2 Å². The summed E-state index contributed by atoms with van der Waals surface area (Å²) in [5.41, 5.74) is 0. The van der Waals surface area contributed by atoms with Crippen LogP contribution in [0.5, 0.6) is 0 Å². The molecule has 0 spiro atoms. The predicted molar refractivity (Wildman–Crippen MR) is 69.8 cm³/mol. The van der Waals surface area contributed by atoms with Crippen molar-refractivity contribution in [3.8, 4) is 0 Å². The number of methoxy groups -OCH3 is 1. The van der Waals surface area contributed by atoms with E-state index in [1.807, 2.05) is 13.8 Å². The summed E-state index contributed by atoms with van der Waals surface area (Å²) in [5, 5.41) is 0. The van der Waals surface area contributed by atoms with Gasteiger partial charge in [0.05, 0.1) is 13.0 Å². The third-order valence-corrected chi connectivity index (χ3v) is 2.82. The summed E-state index contributed by atoms with van der Waals surface area (Å²) in [7, 11) is 1.31. The molecule has 3 nitrogen and oxygen atoms in total. The van der Waals surface area contributed by atoms with Crippen molar-refractivity contribution in [3.63, 3.8) is 0 Å². The molecule has 0 atom stereocenters. The molecule has 0 heterocycles. The Morgan fingerprint density at radius 2 is 1.63 bits per heavy atom. The van der Waals surface area contributed by atoms with Gasteiger partial charge in [-0.1, -0.05) is 19.3 Å². The zero-order valence-electron chi connectivity index (χ0n) is 11.6. The zero-order chi connectivity index (χ0) is 15.3. The molecule has 0 radical (unpaired) electrons. The number of hydrogen-bond acceptors (Lipinski definition) is 3. The number of ether oxygens (including phenoxy) is 1. The second-order valence-electron chi connectivity index (χ2n) is 4.47. The lowest BCUT2D eigenvalue weighted by Crippen LogP contribution is -2.24. The molecule has 0 aromatic heterocycles. The Bertz CT molecular complexity index is 208. The van der Waals surface area contributed by atoms with Crippen LogP contribution < -0.4 is 4.84 Å². The van der Waals surface area contributed by atoms with Crippen LogP contribution in [0, 0.1) is 5.92 Å². The molecule has 0 aromatic carbocycles. The lowest BCUT2D eigenvalue weighted by atomic mass is 9.89. The standard InChI is InChI=1S/C7H11F3.C3H8ClN.C2H4O2/c8-7(9,10)6-4-2-1-3-5-6;1-3(2)5-4;1-4-2-3/h6H,1-5H2;3,5H,1-2H3;2H,1H3. The van der Waals surface area contributed by atoms with Crippen molar-refractivity contribution in [1.29, 1.82) is 0 Å². The molecule has 0 amide bonds. The summed E-state index contributed by atoms with van der Waals surface area (Å²) in [6.45, 7) is 4.33. The van der Waals surface area contributed by atoms with Crippen molar-refractivity contribution in [1.82, 2.24) is 4.84 Å². The fourth-order valence-electron chi connectivity index (χ4n) is 1.43. The van der Waals surface area contributed by atoms with E-state index in [9.17, 15) is 13.2 Å². The van der Waals surface area contributed by atoms with E-state index in [0.29, 0.717) is 25.4 Å². The SMILES string of the molecule is CC(C)NCl.COC=O.FC(F)(F)C1CCCCC1. The molecule has 1 rings (SSSR count). The monoisotopic (exact) mass is 305 g/mol. The second kappa shape index (κ2) is 12.5. The fourth-order valence-corrected chi connectivity index (χ4v) is 1.43. The van der Waals surface area contributed by atoms with Gasteiger partial charge in [0.15, 0.2) is 0 Å². The molecular weight excluding hydrogens is 283 g/mol. The summed E-state index contributed by atoms with van der Waals surface area (Å²) in [6.07, 6.45) is -0.742. The Labute approximate surface area is 117 Å². The molecule has 0 aromatic rings. The lowest BCUT2D eigenvalue weighted by molar-refractivity contribution is -0.181. The molecule has 1 aliphatic rings. The van der Waals surface area contributed by atoms with Crippen molar-refractivity contribution >= 4 is 18.2 Å². The molecule has 0 aliphatic heterocycles. The quantitative estimate of drug-likeness (QED) is 0.617. The highest BCUT2D eigenvalue weighted by Crippen LogP contribution is 2.37. The van der Waals surface area contributed by atoms with Gasteiger partial charge >= 0.3 is 6.18 Å². The van der Waals surface area contributed by atoms with Crippen molar-refractivity contribution < 1.29 is 22.7 Å². The van der Waals surface area contributed by atoms with Crippen molar-refractivity contribution in [2.75, 3.05) is 7.11 Å². The molecule has 1 fully saturated rings. The topological polar surface area (TPSA) is 38.3 Å². The molecule has 0 saturated heterocycles. The van der Waals surface area contributed by atoms with Crippen molar-refractivity contribution in [2.24, 2.45) is 5.92 Å². The normalized spacial score (nSPS) is 15.8. The Morgan fingerprint density at radius 3 is 1.79 bits per heavy atom. The second-order valence-corrected chi connectivity index (χ2v) is 4.69. The molecular formula is C12H23ClF3NO2. The summed E-state index contributed by atoms with van der Waals surface area (Å²) in [6, 6.07) is 0.400. The van der Waals surface area contributed by atoms with Crippen molar-refractivity contribution in [2.45, 2.75) is 58.2 Å². The van der Waals surface area contributed by atoms with Crippen LogP contribution in [0.2, 0.25) is 0 Å². The van der Waals surface area contributed by atoms with E-state index in [0.717, 1.165) is 19.3 Å². The van der Waals surface area contributed by atoms with Crippen LogP contribution in [-0.2, 0) is 9.53 Å². The minimum Gasteiger partial charge on any atom is -0.471 e. The number of halogens is 4. The van der Waals surface area contributed by atoms with Gasteiger partial charge in [0.25, 0.3) is 6.47 Å². The molecule has 1 aliphatic carbocycles. The van der Waals surface area contributed by atoms with Crippen LogP contribution in [0.25, 0.3) is 0 Å². The van der Waals surface area contributed by atoms with Gasteiger partial charge < -0.3 is 4.74 Å². The van der Waals surface area contributed by atoms with Crippen LogP contribution in [-0.4, -0.2) is 25.8 Å². The van der Waals surface area contributed by atoms with Gasteiger partial charge in [-0.25, -0.2) is 4.84 Å². The summed E-state index contributed by atoms with van der Waals surface area (Å²) in [5.74, 6) is -0.999. The molecule has 0 unspecified atom stereocenters. The molecule has 19 heavy (non-hydrogen) atoms. The molecule has 116 valence electrons. The zero-order valence-corrected chi connectivity index (χ0v) is 12.4. The first kappa shape index (κ1) is 20.8. The minimum atomic E-state index is -3.93. The fraction of sp³-hybridized carbons (Fsp3) is 0.917. The number of nitrogens with one attached hydrogen (secondary N) is 1. The Morgan fingerprint density at radius 1 is 1.26 bits per heavy atom. The summed E-state index contributed by atoms with van der Waals surface area (Å²) < 4.78 is 39.7. The average molecular weight is 306 g/mol. The maximum atomic E-state index is 11.9. The third kappa shape index (κ3) is 15.5. The largest absolute Gasteiger partial charge is 0.471 e. The molecule has 1 N–H and O–H groups in total. The van der Waals surface area contributed by atoms with Crippen LogP contribution >= 0.6 is 11.8 Å². The smallest absolute Gasteiger partial charge is 0.391 e. The number of rotatable bonds is 2.